The highest BCUT2D eigenvalue weighted by atomic mass is 16.3. The molecule has 2 rings (SSSR count). The van der Waals surface area contributed by atoms with Gasteiger partial charge in [0.15, 0.2) is 0 Å². The van der Waals surface area contributed by atoms with Gasteiger partial charge in [-0.2, -0.15) is 5.10 Å². The summed E-state index contributed by atoms with van der Waals surface area (Å²) >= 11 is 0. The van der Waals surface area contributed by atoms with Gasteiger partial charge >= 0.3 is 0 Å². The van der Waals surface area contributed by atoms with Crippen LogP contribution in [-0.4, -0.2) is 34.6 Å². The third-order valence-electron chi connectivity index (χ3n) is 2.70. The second-order valence-corrected chi connectivity index (χ2v) is 4.00. The van der Waals surface area contributed by atoms with E-state index in [1.54, 1.807) is 0 Å². The van der Waals surface area contributed by atoms with Crippen molar-refractivity contribution >= 4 is 10.9 Å². The lowest BCUT2D eigenvalue weighted by Crippen LogP contribution is -2.25. The largest absolute Gasteiger partial charge is 0.391 e. The molecule has 0 aliphatic carbocycles. The van der Waals surface area contributed by atoms with Crippen LogP contribution in [0.1, 0.15) is 5.69 Å². The number of aryl methyl sites for hydroxylation is 1. The molecule has 1 unspecified atom stereocenters. The zero-order valence-electron chi connectivity index (χ0n) is 9.64. The monoisotopic (exact) mass is 219 g/mol. The quantitative estimate of drug-likeness (QED) is 0.795. The fourth-order valence-electron chi connectivity index (χ4n) is 1.97. The van der Waals surface area contributed by atoms with E-state index in [0.29, 0.717) is 13.0 Å². The Morgan fingerprint density at radius 3 is 2.94 bits per heavy atom. The van der Waals surface area contributed by atoms with Crippen molar-refractivity contribution in [3.05, 3.63) is 30.0 Å². The lowest BCUT2D eigenvalue weighted by atomic mass is 10.1. The Labute approximate surface area is 94.9 Å². The summed E-state index contributed by atoms with van der Waals surface area (Å²) in [5.41, 5.74) is 2.06. The maximum Gasteiger partial charge on any atom is 0.0729 e. The second kappa shape index (κ2) is 4.63. The van der Waals surface area contributed by atoms with Crippen LogP contribution in [0.15, 0.2) is 24.3 Å². The molecule has 0 aliphatic rings. The van der Waals surface area contributed by atoms with Crippen molar-refractivity contribution in [2.45, 2.75) is 12.5 Å². The van der Waals surface area contributed by atoms with Crippen LogP contribution >= 0.6 is 0 Å². The number of rotatable bonds is 4. The number of para-hydroxylation sites is 1. The number of benzene rings is 1. The van der Waals surface area contributed by atoms with Crippen LogP contribution in [0.4, 0.5) is 0 Å². The lowest BCUT2D eigenvalue weighted by Gasteiger charge is -2.07. The number of nitrogens with one attached hydrogen (secondary N) is 1. The van der Waals surface area contributed by atoms with Gasteiger partial charge in [0.1, 0.15) is 0 Å². The van der Waals surface area contributed by atoms with Gasteiger partial charge in [-0.1, -0.05) is 18.2 Å². The molecule has 1 atom stereocenters. The van der Waals surface area contributed by atoms with Crippen LogP contribution < -0.4 is 5.32 Å². The number of aliphatic hydroxyl groups excluding tert-OH is 1. The van der Waals surface area contributed by atoms with Crippen LogP contribution in [0.5, 0.6) is 0 Å². The van der Waals surface area contributed by atoms with Crippen molar-refractivity contribution in [3.8, 4) is 0 Å². The van der Waals surface area contributed by atoms with E-state index in [2.05, 4.69) is 10.4 Å². The third-order valence-corrected chi connectivity index (χ3v) is 2.70. The molecule has 2 aromatic rings. The molecule has 0 radical (unpaired) electrons. The highest BCUT2D eigenvalue weighted by molar-refractivity contribution is 5.81. The molecular formula is C12H17N3O. The SMILES string of the molecule is CNCC(O)Cc1nn(C)c2ccccc12. The van der Waals surface area contributed by atoms with Gasteiger partial charge in [0.2, 0.25) is 0 Å². The van der Waals surface area contributed by atoms with Gasteiger partial charge in [-0.15, -0.1) is 0 Å². The van der Waals surface area contributed by atoms with E-state index in [9.17, 15) is 5.11 Å². The molecule has 0 aliphatic heterocycles. The molecule has 1 aromatic heterocycles. The summed E-state index contributed by atoms with van der Waals surface area (Å²) in [4.78, 5) is 0. The van der Waals surface area contributed by atoms with E-state index < -0.39 is 0 Å². The van der Waals surface area contributed by atoms with E-state index in [1.165, 1.54) is 0 Å². The normalized spacial score (nSPS) is 13.2. The minimum Gasteiger partial charge on any atom is -0.391 e. The number of fused-ring (bicyclic) bond motifs is 1. The van der Waals surface area contributed by atoms with E-state index >= 15 is 0 Å². The van der Waals surface area contributed by atoms with Crippen molar-refractivity contribution < 1.29 is 5.11 Å². The first-order valence-corrected chi connectivity index (χ1v) is 5.45. The predicted octanol–water partition coefficient (Wildman–Crippen LogP) is 0.696. The number of aromatic nitrogens is 2. The first-order valence-electron chi connectivity index (χ1n) is 5.45. The summed E-state index contributed by atoms with van der Waals surface area (Å²) in [6, 6.07) is 8.08. The van der Waals surface area contributed by atoms with Crippen LogP contribution in [-0.2, 0) is 13.5 Å². The number of hydrogen-bond acceptors (Lipinski definition) is 3. The first-order chi connectivity index (χ1) is 7.72. The number of aliphatic hydroxyl groups is 1. The molecule has 2 N–H and O–H groups in total. The Balaban J connectivity index is 2.31. The molecule has 0 spiro atoms. The molecule has 0 saturated carbocycles. The third kappa shape index (κ3) is 2.08. The van der Waals surface area contributed by atoms with Crippen LogP contribution in [0.25, 0.3) is 10.9 Å². The zero-order chi connectivity index (χ0) is 11.5. The summed E-state index contributed by atoms with van der Waals surface area (Å²) in [7, 11) is 3.76. The van der Waals surface area contributed by atoms with E-state index in [0.717, 1.165) is 16.6 Å². The number of likely N-dealkylation sites (N-methyl/N-ethyl adjacent to an activating group) is 1. The van der Waals surface area contributed by atoms with Gasteiger partial charge in [0.05, 0.1) is 17.3 Å². The van der Waals surface area contributed by atoms with Gasteiger partial charge in [-0.3, -0.25) is 4.68 Å². The Morgan fingerprint density at radius 2 is 2.19 bits per heavy atom. The Bertz CT molecular complexity index is 478. The van der Waals surface area contributed by atoms with Crippen molar-refractivity contribution in [1.29, 1.82) is 0 Å². The summed E-state index contributed by atoms with van der Waals surface area (Å²) in [6.07, 6.45) is 0.200. The number of nitrogens with zero attached hydrogens (tertiary/aromatic N) is 2. The Morgan fingerprint density at radius 1 is 1.44 bits per heavy atom. The molecule has 0 saturated heterocycles. The second-order valence-electron chi connectivity index (χ2n) is 4.00. The van der Waals surface area contributed by atoms with Crippen LogP contribution in [0.2, 0.25) is 0 Å². The molecule has 0 bridgehead atoms. The molecule has 1 aromatic carbocycles. The summed E-state index contributed by atoms with van der Waals surface area (Å²) in [6.45, 7) is 0.588. The average Bonchev–Trinajstić information content (AvgIpc) is 2.57. The smallest absolute Gasteiger partial charge is 0.0729 e. The first kappa shape index (κ1) is 11.1. The maximum absolute atomic E-state index is 9.76. The minimum atomic E-state index is -0.386. The van der Waals surface area contributed by atoms with E-state index in [-0.39, 0.29) is 6.10 Å². The topological polar surface area (TPSA) is 50.1 Å². The maximum atomic E-state index is 9.76. The predicted molar refractivity (Wildman–Crippen MR) is 64.4 cm³/mol. The van der Waals surface area contributed by atoms with E-state index in [1.807, 2.05) is 43.0 Å². The molecule has 4 heteroatoms. The highest BCUT2D eigenvalue weighted by Gasteiger charge is 2.11. The molecule has 1 heterocycles. The summed E-state index contributed by atoms with van der Waals surface area (Å²) < 4.78 is 1.86. The van der Waals surface area contributed by atoms with Gasteiger partial charge in [0.25, 0.3) is 0 Å². The van der Waals surface area contributed by atoms with Gasteiger partial charge in [-0.25, -0.2) is 0 Å². The fraction of sp³-hybridized carbons (Fsp3) is 0.417. The summed E-state index contributed by atoms with van der Waals surface area (Å²) in [5.74, 6) is 0. The molecular weight excluding hydrogens is 202 g/mol. The summed E-state index contributed by atoms with van der Waals surface area (Å²) in [5, 5.41) is 18.3. The average molecular weight is 219 g/mol. The Hall–Kier alpha value is -1.39. The number of hydrogen-bond donors (Lipinski definition) is 2. The van der Waals surface area contributed by atoms with Gasteiger partial charge in [-0.05, 0) is 13.1 Å². The highest BCUT2D eigenvalue weighted by Crippen LogP contribution is 2.18. The molecule has 0 amide bonds. The van der Waals surface area contributed by atoms with Crippen molar-refractivity contribution in [2.24, 2.45) is 7.05 Å². The van der Waals surface area contributed by atoms with Crippen LogP contribution in [0.3, 0.4) is 0 Å². The van der Waals surface area contributed by atoms with Gasteiger partial charge < -0.3 is 10.4 Å². The Kier molecular flexibility index (Phi) is 3.22. The van der Waals surface area contributed by atoms with Crippen molar-refractivity contribution in [2.75, 3.05) is 13.6 Å². The van der Waals surface area contributed by atoms with Crippen molar-refractivity contribution in [3.63, 3.8) is 0 Å². The molecule has 86 valence electrons. The van der Waals surface area contributed by atoms with Crippen LogP contribution in [0, 0.1) is 0 Å². The zero-order valence-corrected chi connectivity index (χ0v) is 9.64. The fourth-order valence-corrected chi connectivity index (χ4v) is 1.97. The molecule has 4 nitrogen and oxygen atoms in total. The standard InChI is InChI=1S/C12H17N3O/c1-13-8-9(16)7-11-10-5-3-4-6-12(10)15(2)14-11/h3-6,9,13,16H,7-8H2,1-2H3. The van der Waals surface area contributed by atoms with Crippen molar-refractivity contribution in [1.82, 2.24) is 15.1 Å². The van der Waals surface area contributed by atoms with E-state index in [4.69, 9.17) is 0 Å². The molecule has 16 heavy (non-hydrogen) atoms. The van der Waals surface area contributed by atoms with Gasteiger partial charge in [0, 0.05) is 25.4 Å². The molecule has 0 fully saturated rings. The minimum absolute atomic E-state index is 0.386. The lowest BCUT2D eigenvalue weighted by molar-refractivity contribution is 0.174.